The average molecular weight is 415 g/mol. The van der Waals surface area contributed by atoms with E-state index < -0.39 is 6.09 Å². The van der Waals surface area contributed by atoms with Gasteiger partial charge in [0.1, 0.15) is 12.4 Å². The van der Waals surface area contributed by atoms with Crippen LogP contribution in [-0.4, -0.2) is 64.9 Å². The van der Waals surface area contributed by atoms with Crippen LogP contribution < -0.4 is 15.0 Å². The third-order valence-electron chi connectivity index (χ3n) is 5.50. The number of piperazine rings is 1. The second-order valence-corrected chi connectivity index (χ2v) is 8.64. The highest BCUT2D eigenvalue weighted by Crippen LogP contribution is 2.39. The zero-order chi connectivity index (χ0) is 21.5. The summed E-state index contributed by atoms with van der Waals surface area (Å²) in [6, 6.07) is 5.94. The number of hydrogen-bond acceptors (Lipinski definition) is 6. The summed E-state index contributed by atoms with van der Waals surface area (Å²) in [7, 11) is 0. The number of carboxylic acid groups (broad SMARTS) is 1. The molecule has 0 spiro atoms. The van der Waals surface area contributed by atoms with Crippen LogP contribution in [0.3, 0.4) is 0 Å². The molecule has 0 bridgehead atoms. The average Bonchev–Trinajstić information content (AvgIpc) is 2.72. The van der Waals surface area contributed by atoms with Gasteiger partial charge < -0.3 is 25.0 Å². The van der Waals surface area contributed by atoms with Crippen molar-refractivity contribution >= 4 is 17.7 Å². The van der Waals surface area contributed by atoms with Gasteiger partial charge in [-0.25, -0.2) is 19.2 Å². The number of fused-ring (bicyclic) bond motifs is 1. The van der Waals surface area contributed by atoms with Gasteiger partial charge in [-0.05, 0) is 17.5 Å². The van der Waals surface area contributed by atoms with Crippen molar-refractivity contribution in [1.29, 1.82) is 0 Å². The van der Waals surface area contributed by atoms with Crippen molar-refractivity contribution in [3.63, 3.8) is 0 Å². The lowest BCUT2D eigenvalue weighted by molar-refractivity contribution is 0.0745. The second-order valence-electron chi connectivity index (χ2n) is 8.64. The molecule has 0 saturated carbocycles. The Labute approximate surface area is 174 Å². The van der Waals surface area contributed by atoms with Crippen LogP contribution in [0.5, 0.6) is 5.75 Å². The minimum absolute atomic E-state index is 0.219. The zero-order valence-electron chi connectivity index (χ0n) is 17.4. The maximum atomic E-state index is 13.8. The van der Waals surface area contributed by atoms with Crippen molar-refractivity contribution in [2.45, 2.75) is 26.8 Å². The smallest absolute Gasteiger partial charge is 0.407 e. The molecular formula is C21H26FN5O3. The number of ether oxygens (including phenoxy) is 1. The van der Waals surface area contributed by atoms with Crippen LogP contribution in [0.25, 0.3) is 11.4 Å². The molecular weight excluding hydrogens is 389 g/mol. The summed E-state index contributed by atoms with van der Waals surface area (Å²) < 4.78 is 19.7. The van der Waals surface area contributed by atoms with Gasteiger partial charge in [-0.1, -0.05) is 32.9 Å². The lowest BCUT2D eigenvalue weighted by atomic mass is 9.84. The lowest BCUT2D eigenvalue weighted by Crippen LogP contribution is -2.59. The van der Waals surface area contributed by atoms with Gasteiger partial charge in [0, 0.05) is 25.2 Å². The van der Waals surface area contributed by atoms with E-state index in [0.717, 1.165) is 0 Å². The van der Waals surface area contributed by atoms with Crippen LogP contribution in [0.1, 0.15) is 20.8 Å². The molecule has 1 amide bonds. The summed E-state index contributed by atoms with van der Waals surface area (Å²) in [5.74, 6) is 1.76. The number of halogens is 1. The zero-order valence-corrected chi connectivity index (χ0v) is 17.4. The highest BCUT2D eigenvalue weighted by molar-refractivity contribution is 5.72. The number of benzene rings is 1. The fraction of sp³-hybridized carbons (Fsp3) is 0.476. The Morgan fingerprint density at radius 3 is 2.80 bits per heavy atom. The summed E-state index contributed by atoms with van der Waals surface area (Å²) in [5.41, 5.74) is 0.317. The molecule has 30 heavy (non-hydrogen) atoms. The minimum atomic E-state index is -0.919. The molecule has 4 rings (SSSR count). The van der Waals surface area contributed by atoms with Crippen molar-refractivity contribution in [3.8, 4) is 17.1 Å². The van der Waals surface area contributed by atoms with E-state index in [9.17, 15) is 14.3 Å². The fourth-order valence-electron chi connectivity index (χ4n) is 3.93. The first kappa shape index (κ1) is 20.2. The second kappa shape index (κ2) is 7.62. The number of nitrogens with one attached hydrogen (secondary N) is 1. The monoisotopic (exact) mass is 415 g/mol. The summed E-state index contributed by atoms with van der Waals surface area (Å²) in [5, 5.41) is 12.9. The summed E-state index contributed by atoms with van der Waals surface area (Å²) in [4.78, 5) is 24.6. The van der Waals surface area contributed by atoms with Crippen LogP contribution >= 0.6 is 0 Å². The molecule has 160 valence electrons. The van der Waals surface area contributed by atoms with Gasteiger partial charge in [0.2, 0.25) is 5.75 Å². The predicted octanol–water partition coefficient (Wildman–Crippen LogP) is 3.30. The maximum Gasteiger partial charge on any atom is 0.407 e. The molecule has 1 unspecified atom stereocenters. The van der Waals surface area contributed by atoms with Gasteiger partial charge in [-0.15, -0.1) is 0 Å². The van der Waals surface area contributed by atoms with Crippen LogP contribution in [0.4, 0.5) is 20.8 Å². The molecule has 0 aliphatic carbocycles. The topological polar surface area (TPSA) is 90.8 Å². The number of nitrogens with zero attached hydrogens (tertiary/aromatic N) is 4. The van der Waals surface area contributed by atoms with Crippen molar-refractivity contribution < 1.29 is 19.0 Å². The fourth-order valence-corrected chi connectivity index (χ4v) is 3.93. The van der Waals surface area contributed by atoms with Gasteiger partial charge in [0.15, 0.2) is 17.5 Å². The van der Waals surface area contributed by atoms with Crippen molar-refractivity contribution in [3.05, 3.63) is 30.1 Å². The highest BCUT2D eigenvalue weighted by Gasteiger charge is 2.39. The van der Waals surface area contributed by atoms with Crippen molar-refractivity contribution in [1.82, 2.24) is 14.9 Å². The molecule has 3 heterocycles. The van der Waals surface area contributed by atoms with Gasteiger partial charge in [0.05, 0.1) is 12.6 Å². The molecule has 1 aromatic heterocycles. The summed E-state index contributed by atoms with van der Waals surface area (Å²) in [6.07, 6.45) is -0.919. The van der Waals surface area contributed by atoms with E-state index in [1.54, 1.807) is 12.1 Å². The highest BCUT2D eigenvalue weighted by atomic mass is 19.1. The number of rotatable bonds is 2. The van der Waals surface area contributed by atoms with Gasteiger partial charge in [-0.3, -0.25) is 0 Å². The summed E-state index contributed by atoms with van der Waals surface area (Å²) >= 11 is 0. The molecule has 1 saturated heterocycles. The molecule has 1 atom stereocenters. The van der Waals surface area contributed by atoms with E-state index in [1.165, 1.54) is 17.0 Å². The molecule has 0 radical (unpaired) electrons. The Hall–Kier alpha value is -3.10. The first-order valence-corrected chi connectivity index (χ1v) is 10.0. The molecule has 1 fully saturated rings. The van der Waals surface area contributed by atoms with E-state index in [2.05, 4.69) is 10.3 Å². The third kappa shape index (κ3) is 3.83. The van der Waals surface area contributed by atoms with Gasteiger partial charge in [0.25, 0.3) is 0 Å². The van der Waals surface area contributed by atoms with Crippen LogP contribution in [0.2, 0.25) is 0 Å². The molecule has 8 nitrogen and oxygen atoms in total. The van der Waals surface area contributed by atoms with E-state index in [1.807, 2.05) is 25.7 Å². The number of hydrogen-bond donors (Lipinski definition) is 2. The molecule has 2 N–H and O–H groups in total. The van der Waals surface area contributed by atoms with E-state index in [-0.39, 0.29) is 17.3 Å². The summed E-state index contributed by atoms with van der Waals surface area (Å²) in [6.45, 7) is 8.51. The SMILES string of the molecule is CC(C)(C)C1CN(c2nc(-c3cccc(F)c3)nc3c2OCCN3)CCN1C(=O)O. The Balaban J connectivity index is 1.76. The van der Waals surface area contributed by atoms with E-state index in [0.29, 0.717) is 61.6 Å². The third-order valence-corrected chi connectivity index (χ3v) is 5.50. The molecule has 2 aromatic rings. The first-order chi connectivity index (χ1) is 14.2. The quantitative estimate of drug-likeness (QED) is 0.778. The van der Waals surface area contributed by atoms with Crippen LogP contribution in [0, 0.1) is 11.2 Å². The lowest BCUT2D eigenvalue weighted by Gasteiger charge is -2.46. The number of aromatic nitrogens is 2. The standard InChI is InChI=1S/C21H26FN5O3/c1-21(2,3)15-12-26(8-9-27(15)20(28)29)19-16-18(23-7-10-30-16)24-17(25-19)13-5-4-6-14(22)11-13/h4-6,11,15H,7-10,12H2,1-3H3,(H,28,29)(H,23,24,25). The van der Waals surface area contributed by atoms with Crippen molar-refractivity contribution in [2.75, 3.05) is 43.0 Å². The van der Waals surface area contributed by atoms with Crippen LogP contribution in [0.15, 0.2) is 24.3 Å². The van der Waals surface area contributed by atoms with Crippen molar-refractivity contribution in [2.24, 2.45) is 5.41 Å². The number of carbonyl (C=O) groups is 1. The molecule has 2 aliphatic rings. The Morgan fingerprint density at radius 2 is 2.10 bits per heavy atom. The molecule has 9 heteroatoms. The normalized spacial score (nSPS) is 19.0. The van der Waals surface area contributed by atoms with E-state index in [4.69, 9.17) is 9.72 Å². The molecule has 2 aliphatic heterocycles. The first-order valence-electron chi connectivity index (χ1n) is 10.0. The van der Waals surface area contributed by atoms with Gasteiger partial charge in [-0.2, -0.15) is 0 Å². The Kier molecular flexibility index (Phi) is 5.13. The largest absolute Gasteiger partial charge is 0.485 e. The van der Waals surface area contributed by atoms with E-state index >= 15 is 0 Å². The Morgan fingerprint density at radius 1 is 1.30 bits per heavy atom. The maximum absolute atomic E-state index is 13.8. The minimum Gasteiger partial charge on any atom is -0.485 e. The van der Waals surface area contributed by atoms with Gasteiger partial charge >= 0.3 is 6.09 Å². The number of anilines is 2. The Bertz CT molecular complexity index is 962. The molecule has 1 aromatic carbocycles. The number of amides is 1. The van der Waals surface area contributed by atoms with Crippen LogP contribution in [-0.2, 0) is 0 Å². The predicted molar refractivity (Wildman–Crippen MR) is 112 cm³/mol.